The minimum Gasteiger partial charge on any atom is -0.496 e. The average Bonchev–Trinajstić information content (AvgIpc) is 3.25. The summed E-state index contributed by atoms with van der Waals surface area (Å²) in [5.41, 5.74) is 2.79. The predicted molar refractivity (Wildman–Crippen MR) is 111 cm³/mol. The van der Waals surface area contributed by atoms with Gasteiger partial charge in [-0.15, -0.1) is 10.2 Å². The number of carbonyl (C=O) groups excluding carboxylic acids is 1. The van der Waals surface area contributed by atoms with Gasteiger partial charge in [-0.25, -0.2) is 0 Å². The molecule has 1 aromatic heterocycles. The van der Waals surface area contributed by atoms with Crippen molar-refractivity contribution in [2.24, 2.45) is 0 Å². The molecular weight excluding hydrogens is 386 g/mol. The minimum absolute atomic E-state index is 0.137. The predicted octanol–water partition coefficient (Wildman–Crippen LogP) is 3.32. The van der Waals surface area contributed by atoms with Crippen molar-refractivity contribution in [3.05, 3.63) is 53.4 Å². The fourth-order valence-electron chi connectivity index (χ4n) is 2.90. The van der Waals surface area contributed by atoms with Crippen molar-refractivity contribution in [2.45, 2.75) is 26.3 Å². The Morgan fingerprint density at radius 2 is 1.63 bits per heavy atom. The lowest BCUT2D eigenvalue weighted by Gasteiger charge is -2.14. The van der Waals surface area contributed by atoms with E-state index in [1.165, 1.54) is 0 Å². The van der Waals surface area contributed by atoms with E-state index in [1.54, 1.807) is 33.5 Å². The normalized spacial score (nSPS) is 10.5. The van der Waals surface area contributed by atoms with Gasteiger partial charge in [0.15, 0.2) is 11.5 Å². The summed E-state index contributed by atoms with van der Waals surface area (Å²) in [5.74, 6) is 2.46. The van der Waals surface area contributed by atoms with E-state index in [0.717, 1.165) is 16.7 Å². The highest BCUT2D eigenvalue weighted by Crippen LogP contribution is 2.34. The van der Waals surface area contributed by atoms with Crippen LogP contribution in [0.15, 0.2) is 40.8 Å². The molecule has 0 saturated carbocycles. The molecule has 0 aliphatic rings. The molecular formula is C22H25N3O5. The monoisotopic (exact) mass is 411 g/mol. The molecule has 1 N–H and O–H groups in total. The third-order valence-electron chi connectivity index (χ3n) is 4.59. The number of methoxy groups -OCH3 is 3. The molecule has 3 rings (SSSR count). The van der Waals surface area contributed by atoms with E-state index in [2.05, 4.69) is 15.5 Å². The number of benzene rings is 2. The number of ether oxygens (including phenoxy) is 3. The summed E-state index contributed by atoms with van der Waals surface area (Å²) in [4.78, 5) is 12.3. The smallest absolute Gasteiger partial charge is 0.247 e. The Kier molecular flexibility index (Phi) is 6.90. The highest BCUT2D eigenvalue weighted by atomic mass is 16.5. The van der Waals surface area contributed by atoms with Crippen LogP contribution in [0.4, 0.5) is 0 Å². The number of amides is 1. The first kappa shape index (κ1) is 21.2. The van der Waals surface area contributed by atoms with Crippen LogP contribution >= 0.6 is 0 Å². The number of nitrogens with one attached hydrogen (secondary N) is 1. The third kappa shape index (κ3) is 5.08. The molecule has 2 aromatic carbocycles. The number of rotatable bonds is 9. The van der Waals surface area contributed by atoms with Crippen molar-refractivity contribution in [3.8, 4) is 28.7 Å². The summed E-state index contributed by atoms with van der Waals surface area (Å²) < 4.78 is 21.6. The number of hydrogen-bond acceptors (Lipinski definition) is 7. The zero-order valence-corrected chi connectivity index (χ0v) is 17.5. The van der Waals surface area contributed by atoms with Gasteiger partial charge in [-0.05, 0) is 25.1 Å². The molecule has 0 aliphatic carbocycles. The molecule has 8 heteroatoms. The summed E-state index contributed by atoms with van der Waals surface area (Å²) in [6.07, 6.45) is 0.582. The van der Waals surface area contributed by atoms with Crippen LogP contribution in [-0.2, 0) is 17.8 Å². The molecule has 158 valence electrons. The van der Waals surface area contributed by atoms with Crippen LogP contribution in [0.5, 0.6) is 17.2 Å². The van der Waals surface area contributed by atoms with E-state index >= 15 is 0 Å². The van der Waals surface area contributed by atoms with Gasteiger partial charge in [-0.1, -0.05) is 17.7 Å². The zero-order valence-electron chi connectivity index (χ0n) is 17.5. The molecule has 0 atom stereocenters. The molecule has 30 heavy (non-hydrogen) atoms. The van der Waals surface area contributed by atoms with E-state index < -0.39 is 0 Å². The van der Waals surface area contributed by atoms with Crippen LogP contribution in [0, 0.1) is 6.92 Å². The van der Waals surface area contributed by atoms with Crippen molar-refractivity contribution in [3.63, 3.8) is 0 Å². The van der Waals surface area contributed by atoms with Crippen molar-refractivity contribution in [1.29, 1.82) is 0 Å². The Bertz CT molecular complexity index is 999. The second kappa shape index (κ2) is 9.78. The summed E-state index contributed by atoms with van der Waals surface area (Å²) in [6, 6.07) is 11.3. The van der Waals surface area contributed by atoms with E-state index in [9.17, 15) is 4.79 Å². The average molecular weight is 411 g/mol. The number of carbonyl (C=O) groups is 1. The molecule has 0 unspecified atom stereocenters. The molecule has 8 nitrogen and oxygen atoms in total. The molecule has 3 aromatic rings. The molecule has 0 bridgehead atoms. The molecule has 0 aliphatic heterocycles. The summed E-state index contributed by atoms with van der Waals surface area (Å²) in [5, 5.41) is 11.0. The van der Waals surface area contributed by atoms with Crippen LogP contribution in [0.2, 0.25) is 0 Å². The van der Waals surface area contributed by atoms with Gasteiger partial charge in [0, 0.05) is 36.6 Å². The number of aromatic nitrogens is 2. The van der Waals surface area contributed by atoms with Crippen LogP contribution in [0.25, 0.3) is 11.5 Å². The maximum atomic E-state index is 12.3. The largest absolute Gasteiger partial charge is 0.496 e. The molecule has 1 amide bonds. The van der Waals surface area contributed by atoms with E-state index in [0.29, 0.717) is 42.0 Å². The lowest BCUT2D eigenvalue weighted by molar-refractivity contribution is -0.121. The van der Waals surface area contributed by atoms with Gasteiger partial charge in [0.05, 0.1) is 21.3 Å². The van der Waals surface area contributed by atoms with Gasteiger partial charge < -0.3 is 23.9 Å². The van der Waals surface area contributed by atoms with Gasteiger partial charge in [0.25, 0.3) is 0 Å². The highest BCUT2D eigenvalue weighted by molar-refractivity contribution is 5.76. The van der Waals surface area contributed by atoms with Crippen molar-refractivity contribution >= 4 is 5.91 Å². The van der Waals surface area contributed by atoms with Crippen molar-refractivity contribution in [1.82, 2.24) is 15.5 Å². The Labute approximate surface area is 175 Å². The summed E-state index contributed by atoms with van der Waals surface area (Å²) >= 11 is 0. The molecule has 1 heterocycles. The topological polar surface area (TPSA) is 95.7 Å². The van der Waals surface area contributed by atoms with Crippen LogP contribution in [0.3, 0.4) is 0 Å². The number of hydrogen-bond donors (Lipinski definition) is 1. The second-order valence-corrected chi connectivity index (χ2v) is 6.66. The maximum absolute atomic E-state index is 12.3. The highest BCUT2D eigenvalue weighted by Gasteiger charge is 2.14. The lowest BCUT2D eigenvalue weighted by Crippen LogP contribution is -2.23. The first-order valence-corrected chi connectivity index (χ1v) is 9.49. The molecule has 0 fully saturated rings. The summed E-state index contributed by atoms with van der Waals surface area (Å²) in [6.45, 7) is 2.31. The zero-order chi connectivity index (χ0) is 21.5. The standard InChI is InChI=1S/C22H25N3O5/c1-14-5-7-15(8-6-14)22-25-24-21(30-22)10-9-20(26)23-13-16-11-18(28-3)19(29-4)12-17(16)27-2/h5-8,11-12H,9-10,13H2,1-4H3,(H,23,26). The van der Waals surface area contributed by atoms with E-state index in [4.69, 9.17) is 18.6 Å². The first-order valence-electron chi connectivity index (χ1n) is 9.49. The van der Waals surface area contributed by atoms with Crippen LogP contribution in [-0.4, -0.2) is 37.4 Å². The number of nitrogens with zero attached hydrogens (tertiary/aromatic N) is 2. The van der Waals surface area contributed by atoms with Crippen molar-refractivity contribution < 1.29 is 23.4 Å². The fraction of sp³-hybridized carbons (Fsp3) is 0.318. The third-order valence-corrected chi connectivity index (χ3v) is 4.59. The Morgan fingerprint density at radius 3 is 2.30 bits per heavy atom. The number of aryl methyl sites for hydroxylation is 2. The van der Waals surface area contributed by atoms with Gasteiger partial charge in [0.2, 0.25) is 17.7 Å². The van der Waals surface area contributed by atoms with Crippen LogP contribution in [0.1, 0.15) is 23.4 Å². The Morgan fingerprint density at radius 1 is 0.967 bits per heavy atom. The van der Waals surface area contributed by atoms with Gasteiger partial charge in [-0.2, -0.15) is 0 Å². The fourth-order valence-corrected chi connectivity index (χ4v) is 2.90. The van der Waals surface area contributed by atoms with Crippen LogP contribution < -0.4 is 19.5 Å². The van der Waals surface area contributed by atoms with Gasteiger partial charge in [-0.3, -0.25) is 4.79 Å². The SMILES string of the molecule is COc1cc(OC)c(OC)cc1CNC(=O)CCc1nnc(-c2ccc(C)cc2)o1. The Balaban J connectivity index is 1.56. The molecule has 0 saturated heterocycles. The van der Waals surface area contributed by atoms with Gasteiger partial charge in [0.1, 0.15) is 5.75 Å². The van der Waals surface area contributed by atoms with Gasteiger partial charge >= 0.3 is 0 Å². The lowest BCUT2D eigenvalue weighted by atomic mass is 10.1. The maximum Gasteiger partial charge on any atom is 0.247 e. The Hall–Kier alpha value is -3.55. The van der Waals surface area contributed by atoms with E-state index in [-0.39, 0.29) is 12.3 Å². The second-order valence-electron chi connectivity index (χ2n) is 6.66. The summed E-state index contributed by atoms with van der Waals surface area (Å²) in [7, 11) is 4.68. The van der Waals surface area contributed by atoms with Crippen molar-refractivity contribution in [2.75, 3.05) is 21.3 Å². The van der Waals surface area contributed by atoms with E-state index in [1.807, 2.05) is 31.2 Å². The molecule has 0 radical (unpaired) electrons. The minimum atomic E-state index is -0.137. The quantitative estimate of drug-likeness (QED) is 0.577. The molecule has 0 spiro atoms. The first-order chi connectivity index (χ1) is 14.5.